The van der Waals surface area contributed by atoms with E-state index in [4.69, 9.17) is 14.2 Å². The van der Waals surface area contributed by atoms with Gasteiger partial charge in [0.15, 0.2) is 23.0 Å². The summed E-state index contributed by atoms with van der Waals surface area (Å²) in [6.45, 7) is 4.50. The van der Waals surface area contributed by atoms with Gasteiger partial charge in [-0.15, -0.1) is 0 Å². The van der Waals surface area contributed by atoms with Gasteiger partial charge < -0.3 is 19.3 Å². The molecule has 0 aliphatic rings. The third-order valence-electron chi connectivity index (χ3n) is 5.89. The second kappa shape index (κ2) is 14.4. The second-order valence-electron chi connectivity index (χ2n) is 8.87. The summed E-state index contributed by atoms with van der Waals surface area (Å²) in [5.41, 5.74) is 3.20. The van der Waals surface area contributed by atoms with Gasteiger partial charge in [-0.1, -0.05) is 68.4 Å². The summed E-state index contributed by atoms with van der Waals surface area (Å²) >= 11 is 0. The number of aromatic nitrogens is 2. The molecule has 8 heteroatoms. The summed E-state index contributed by atoms with van der Waals surface area (Å²) in [5, 5.41) is 9.71. The highest BCUT2D eigenvalue weighted by atomic mass is 19.1. The minimum absolute atomic E-state index is 0.0235. The van der Waals surface area contributed by atoms with Gasteiger partial charge in [0.1, 0.15) is 6.61 Å². The Kier molecular flexibility index (Phi) is 10.2. The maximum absolute atomic E-state index is 13.2. The molecule has 0 bridgehead atoms. The zero-order valence-corrected chi connectivity index (χ0v) is 22.8. The zero-order valence-electron chi connectivity index (χ0n) is 22.8. The first-order valence-electron chi connectivity index (χ1n) is 13.2. The van der Waals surface area contributed by atoms with Gasteiger partial charge in [-0.3, -0.25) is 0 Å². The lowest BCUT2D eigenvalue weighted by atomic mass is 10.1. The molecule has 0 atom stereocenters. The van der Waals surface area contributed by atoms with Crippen LogP contribution in [0.3, 0.4) is 0 Å². The molecule has 5 aromatic rings. The second-order valence-corrected chi connectivity index (χ2v) is 8.87. The summed E-state index contributed by atoms with van der Waals surface area (Å²) < 4.78 is 43.0. The van der Waals surface area contributed by atoms with Gasteiger partial charge in [0.05, 0.1) is 0 Å². The van der Waals surface area contributed by atoms with Gasteiger partial charge in [0.2, 0.25) is 23.7 Å². The number of rotatable bonds is 9. The van der Waals surface area contributed by atoms with Crippen molar-refractivity contribution in [1.29, 1.82) is 0 Å². The summed E-state index contributed by atoms with van der Waals surface area (Å²) in [5.74, 6) is 0.533. The van der Waals surface area contributed by atoms with Crippen LogP contribution in [0, 0.1) is 11.9 Å². The molecule has 0 aliphatic carbocycles. The van der Waals surface area contributed by atoms with E-state index >= 15 is 0 Å². The molecule has 3 aromatic carbocycles. The molecular formula is C33H30F2N2O4. The van der Waals surface area contributed by atoms with Crippen LogP contribution in [0.15, 0.2) is 103 Å². The number of aryl methyl sites for hydroxylation is 2. The Bertz CT molecular complexity index is 1560. The van der Waals surface area contributed by atoms with Crippen molar-refractivity contribution in [3.05, 3.63) is 132 Å². The van der Waals surface area contributed by atoms with Crippen LogP contribution in [0.4, 0.5) is 8.78 Å². The zero-order chi connectivity index (χ0) is 29.0. The summed E-state index contributed by atoms with van der Waals surface area (Å²) in [7, 11) is 0. The molecule has 0 saturated carbocycles. The highest BCUT2D eigenvalue weighted by molar-refractivity contribution is 5.45. The van der Waals surface area contributed by atoms with Gasteiger partial charge in [-0.05, 0) is 65.9 Å². The van der Waals surface area contributed by atoms with Gasteiger partial charge >= 0.3 is 0 Å². The summed E-state index contributed by atoms with van der Waals surface area (Å²) in [6.07, 6.45) is 1.71. The number of phenols is 1. The van der Waals surface area contributed by atoms with Crippen LogP contribution >= 0.6 is 0 Å². The monoisotopic (exact) mass is 556 g/mol. The standard InChI is InChI=1S/C20H18FNO2.C13H12FNO2/c1-2-15-11-12-17(24-20-10-6-9-19(21)22-20)18(13-15)23-14-16-7-4-3-5-8-16;1-2-9-6-7-11(10(16)8-9)17-13-5-3-4-12(14)15-13/h3-13H,2,14H2,1H3;3-8,16H,2H2,1H3. The maximum Gasteiger partial charge on any atom is 0.222 e. The molecule has 0 saturated heterocycles. The van der Waals surface area contributed by atoms with Crippen LogP contribution in [0.25, 0.3) is 0 Å². The van der Waals surface area contributed by atoms with Crippen molar-refractivity contribution in [2.45, 2.75) is 33.3 Å². The minimum Gasteiger partial charge on any atom is -0.504 e. The molecule has 1 N–H and O–H groups in total. The third kappa shape index (κ3) is 8.76. The lowest BCUT2D eigenvalue weighted by molar-refractivity contribution is 0.289. The van der Waals surface area contributed by atoms with Gasteiger partial charge in [0.25, 0.3) is 0 Å². The van der Waals surface area contributed by atoms with E-state index in [-0.39, 0.29) is 23.3 Å². The van der Waals surface area contributed by atoms with Gasteiger partial charge in [0, 0.05) is 12.1 Å². The molecule has 5 rings (SSSR count). The van der Waals surface area contributed by atoms with E-state index in [1.807, 2.05) is 61.5 Å². The van der Waals surface area contributed by atoms with Gasteiger partial charge in [-0.2, -0.15) is 18.7 Å². The van der Waals surface area contributed by atoms with E-state index in [9.17, 15) is 13.9 Å². The highest BCUT2D eigenvalue weighted by Gasteiger charge is 2.10. The van der Waals surface area contributed by atoms with Crippen molar-refractivity contribution in [2.24, 2.45) is 0 Å². The first-order valence-corrected chi connectivity index (χ1v) is 13.2. The molecule has 2 heterocycles. The predicted molar refractivity (Wildman–Crippen MR) is 153 cm³/mol. The Morgan fingerprint density at radius 2 is 1.15 bits per heavy atom. The lowest BCUT2D eigenvalue weighted by Gasteiger charge is -2.13. The Hall–Kier alpha value is -4.98. The Morgan fingerprint density at radius 1 is 0.585 bits per heavy atom. The quantitative estimate of drug-likeness (QED) is 0.184. The molecule has 0 unspecified atom stereocenters. The average molecular weight is 557 g/mol. The first kappa shape index (κ1) is 29.0. The van der Waals surface area contributed by atoms with E-state index in [2.05, 4.69) is 16.9 Å². The maximum atomic E-state index is 13.2. The lowest BCUT2D eigenvalue weighted by Crippen LogP contribution is -1.99. The predicted octanol–water partition coefficient (Wildman–Crippen LogP) is 8.44. The fourth-order valence-electron chi connectivity index (χ4n) is 3.69. The minimum atomic E-state index is -0.618. The molecule has 2 aromatic heterocycles. The van der Waals surface area contributed by atoms with Crippen molar-refractivity contribution >= 4 is 0 Å². The molecule has 210 valence electrons. The van der Waals surface area contributed by atoms with Crippen molar-refractivity contribution < 1.29 is 28.1 Å². The van der Waals surface area contributed by atoms with Crippen molar-refractivity contribution in [1.82, 2.24) is 9.97 Å². The molecule has 0 amide bonds. The SMILES string of the molecule is CCc1ccc(Oc2cccc(F)n2)c(O)c1.CCc1ccc(Oc2cccc(F)n2)c(OCc2ccccc2)c1. The van der Waals surface area contributed by atoms with Crippen LogP contribution in [0.5, 0.6) is 34.8 Å². The number of aromatic hydroxyl groups is 1. The molecule has 0 aliphatic heterocycles. The molecule has 6 nitrogen and oxygen atoms in total. The van der Waals surface area contributed by atoms with Crippen LogP contribution in [-0.4, -0.2) is 15.1 Å². The molecule has 0 radical (unpaired) electrons. The molecular weight excluding hydrogens is 526 g/mol. The van der Waals surface area contributed by atoms with Crippen molar-refractivity contribution in [3.8, 4) is 34.8 Å². The van der Waals surface area contributed by atoms with Crippen LogP contribution in [0.2, 0.25) is 0 Å². The van der Waals surface area contributed by atoms with Crippen molar-refractivity contribution in [3.63, 3.8) is 0 Å². The van der Waals surface area contributed by atoms with Crippen LogP contribution < -0.4 is 14.2 Å². The van der Waals surface area contributed by atoms with E-state index in [0.29, 0.717) is 18.1 Å². The number of ether oxygens (including phenoxy) is 3. The van der Waals surface area contributed by atoms with Crippen molar-refractivity contribution in [2.75, 3.05) is 0 Å². The van der Waals surface area contributed by atoms with Crippen LogP contribution in [0.1, 0.15) is 30.5 Å². The smallest absolute Gasteiger partial charge is 0.222 e. The molecule has 41 heavy (non-hydrogen) atoms. The fraction of sp³-hybridized carbons (Fsp3) is 0.152. The van der Waals surface area contributed by atoms with Crippen LogP contribution in [-0.2, 0) is 19.4 Å². The number of pyridine rings is 2. The Balaban J connectivity index is 0.000000201. The third-order valence-corrected chi connectivity index (χ3v) is 5.89. The number of hydrogen-bond donors (Lipinski definition) is 1. The summed E-state index contributed by atoms with van der Waals surface area (Å²) in [6, 6.07) is 29.4. The van der Waals surface area contributed by atoms with E-state index < -0.39 is 11.9 Å². The number of nitrogens with zero attached hydrogens (tertiary/aromatic N) is 2. The first-order chi connectivity index (χ1) is 19.9. The molecule has 0 spiro atoms. The number of hydrogen-bond acceptors (Lipinski definition) is 6. The van der Waals surface area contributed by atoms with Gasteiger partial charge in [-0.25, -0.2) is 0 Å². The number of halogens is 2. The number of benzene rings is 3. The van der Waals surface area contributed by atoms with E-state index in [1.165, 1.54) is 24.3 Å². The molecule has 0 fully saturated rings. The normalized spacial score (nSPS) is 10.3. The largest absolute Gasteiger partial charge is 0.504 e. The Labute approximate surface area is 237 Å². The topological polar surface area (TPSA) is 73.7 Å². The highest BCUT2D eigenvalue weighted by Crippen LogP contribution is 2.33. The average Bonchev–Trinajstić information content (AvgIpc) is 2.98. The fourth-order valence-corrected chi connectivity index (χ4v) is 3.69. The Morgan fingerprint density at radius 3 is 1.71 bits per heavy atom. The number of phenolic OH excluding ortho intramolecular Hbond substituents is 1. The van der Waals surface area contributed by atoms with E-state index in [0.717, 1.165) is 29.5 Å². The van der Waals surface area contributed by atoms with E-state index in [1.54, 1.807) is 24.3 Å². The summed E-state index contributed by atoms with van der Waals surface area (Å²) in [4.78, 5) is 7.28.